The fourth-order valence-electron chi connectivity index (χ4n) is 3.91. The van der Waals surface area contributed by atoms with Crippen molar-refractivity contribution in [3.63, 3.8) is 0 Å². The van der Waals surface area contributed by atoms with E-state index in [0.29, 0.717) is 23.8 Å². The summed E-state index contributed by atoms with van der Waals surface area (Å²) in [5.41, 5.74) is 2.23. The molecule has 2 aromatic carbocycles. The van der Waals surface area contributed by atoms with Crippen molar-refractivity contribution in [1.82, 2.24) is 20.4 Å². The molecule has 3 aromatic rings. The number of benzene rings is 2. The van der Waals surface area contributed by atoms with Crippen LogP contribution in [-0.4, -0.2) is 54.4 Å². The lowest BCUT2D eigenvalue weighted by Crippen LogP contribution is -2.44. The van der Waals surface area contributed by atoms with Gasteiger partial charge in [0.1, 0.15) is 0 Å². The Morgan fingerprint density at radius 3 is 2.50 bits per heavy atom. The fraction of sp³-hybridized carbons (Fsp3) is 0.375. The Morgan fingerprint density at radius 2 is 1.78 bits per heavy atom. The molecule has 1 aromatic heterocycles. The highest BCUT2D eigenvalue weighted by Crippen LogP contribution is 2.28. The molecule has 0 unspecified atom stereocenters. The molecule has 168 valence electrons. The molecule has 1 saturated heterocycles. The first-order chi connectivity index (χ1) is 15.6. The third kappa shape index (κ3) is 5.45. The number of rotatable bonds is 8. The first-order valence-corrected chi connectivity index (χ1v) is 10.7. The zero-order valence-electron chi connectivity index (χ0n) is 18.4. The van der Waals surface area contributed by atoms with Crippen molar-refractivity contribution < 1.29 is 18.7 Å². The fourth-order valence-corrected chi connectivity index (χ4v) is 3.91. The Kier molecular flexibility index (Phi) is 7.01. The number of amides is 1. The molecule has 0 aliphatic carbocycles. The third-order valence-electron chi connectivity index (χ3n) is 5.64. The number of nitrogens with zero attached hydrogens (tertiary/aromatic N) is 3. The quantitative estimate of drug-likeness (QED) is 0.580. The molecule has 8 heteroatoms. The molecule has 32 heavy (non-hydrogen) atoms. The number of likely N-dealkylation sites (tertiary alicyclic amines) is 1. The summed E-state index contributed by atoms with van der Waals surface area (Å²) in [6.45, 7) is 2.81. The predicted octanol–water partition coefficient (Wildman–Crippen LogP) is 3.07. The van der Waals surface area contributed by atoms with Gasteiger partial charge in [0.15, 0.2) is 11.5 Å². The van der Waals surface area contributed by atoms with Crippen molar-refractivity contribution in [1.29, 1.82) is 0 Å². The summed E-state index contributed by atoms with van der Waals surface area (Å²) in [6, 6.07) is 16.1. The van der Waals surface area contributed by atoms with Gasteiger partial charge in [-0.1, -0.05) is 36.4 Å². The van der Waals surface area contributed by atoms with E-state index in [1.807, 2.05) is 24.3 Å². The van der Waals surface area contributed by atoms with Crippen molar-refractivity contribution in [2.75, 3.05) is 27.3 Å². The van der Waals surface area contributed by atoms with Crippen LogP contribution < -0.4 is 14.8 Å². The Bertz CT molecular complexity index is 1030. The molecule has 1 N–H and O–H groups in total. The molecule has 1 fully saturated rings. The van der Waals surface area contributed by atoms with E-state index in [2.05, 4.69) is 44.7 Å². The van der Waals surface area contributed by atoms with Gasteiger partial charge in [-0.15, -0.1) is 10.2 Å². The van der Waals surface area contributed by atoms with E-state index in [9.17, 15) is 4.79 Å². The second-order valence-electron chi connectivity index (χ2n) is 7.88. The Balaban J connectivity index is 1.28. The monoisotopic (exact) mass is 436 g/mol. The molecule has 0 saturated carbocycles. The van der Waals surface area contributed by atoms with Crippen molar-refractivity contribution in [3.05, 3.63) is 71.4 Å². The standard InChI is InChI=1S/C24H28N4O4/c1-30-20-9-8-18(14-21(20)31-2)15-22-26-27-24(32-22)23(29)25-19-10-12-28(13-11-19)16-17-6-4-3-5-7-17/h3-9,14,19H,10-13,15-16H2,1-2H3,(H,25,29). The van der Waals surface area contributed by atoms with E-state index >= 15 is 0 Å². The summed E-state index contributed by atoms with van der Waals surface area (Å²) in [7, 11) is 3.18. The summed E-state index contributed by atoms with van der Waals surface area (Å²) in [6.07, 6.45) is 2.19. The molecule has 8 nitrogen and oxygen atoms in total. The molecular weight excluding hydrogens is 408 g/mol. The van der Waals surface area contributed by atoms with E-state index in [1.54, 1.807) is 14.2 Å². The van der Waals surface area contributed by atoms with Crippen LogP contribution in [0.15, 0.2) is 52.9 Å². The second-order valence-corrected chi connectivity index (χ2v) is 7.88. The summed E-state index contributed by atoms with van der Waals surface area (Å²) in [4.78, 5) is 15.0. The van der Waals surface area contributed by atoms with Gasteiger partial charge >= 0.3 is 11.8 Å². The summed E-state index contributed by atoms with van der Waals surface area (Å²) < 4.78 is 16.2. The van der Waals surface area contributed by atoms with Gasteiger partial charge in [-0.05, 0) is 36.1 Å². The highest BCUT2D eigenvalue weighted by Gasteiger charge is 2.23. The second kappa shape index (κ2) is 10.3. The number of carbonyl (C=O) groups excluding carboxylic acids is 1. The van der Waals surface area contributed by atoms with Gasteiger partial charge in [0.05, 0.1) is 20.6 Å². The molecule has 4 rings (SSSR count). The van der Waals surface area contributed by atoms with Crippen LogP contribution in [0.1, 0.15) is 40.5 Å². The Hall–Kier alpha value is -3.39. The van der Waals surface area contributed by atoms with Gasteiger partial charge in [-0.2, -0.15) is 0 Å². The zero-order chi connectivity index (χ0) is 22.3. The van der Waals surface area contributed by atoms with Crippen molar-refractivity contribution in [2.45, 2.75) is 31.8 Å². The molecule has 0 bridgehead atoms. The van der Waals surface area contributed by atoms with E-state index in [4.69, 9.17) is 13.9 Å². The highest BCUT2D eigenvalue weighted by atomic mass is 16.5. The zero-order valence-corrected chi connectivity index (χ0v) is 18.4. The van der Waals surface area contributed by atoms with Gasteiger partial charge in [-0.3, -0.25) is 9.69 Å². The van der Waals surface area contributed by atoms with Gasteiger partial charge in [0.25, 0.3) is 0 Å². The Labute approximate surface area is 187 Å². The van der Waals surface area contributed by atoms with Gasteiger partial charge in [-0.25, -0.2) is 0 Å². The number of hydrogen-bond acceptors (Lipinski definition) is 7. The number of piperidine rings is 1. The lowest BCUT2D eigenvalue weighted by atomic mass is 10.0. The highest BCUT2D eigenvalue weighted by molar-refractivity contribution is 5.89. The SMILES string of the molecule is COc1ccc(Cc2nnc(C(=O)NC3CCN(Cc4ccccc4)CC3)o2)cc1OC. The maximum Gasteiger partial charge on any atom is 0.309 e. The van der Waals surface area contributed by atoms with Gasteiger partial charge in [0.2, 0.25) is 5.89 Å². The normalized spacial score (nSPS) is 14.8. The van der Waals surface area contributed by atoms with E-state index in [-0.39, 0.29) is 17.8 Å². The minimum absolute atomic E-state index is 0.00723. The topological polar surface area (TPSA) is 89.7 Å². The van der Waals surface area contributed by atoms with Crippen molar-refractivity contribution >= 4 is 5.91 Å². The van der Waals surface area contributed by atoms with Crippen LogP contribution in [0, 0.1) is 0 Å². The predicted molar refractivity (Wildman–Crippen MR) is 119 cm³/mol. The first-order valence-electron chi connectivity index (χ1n) is 10.7. The number of aromatic nitrogens is 2. The molecule has 0 spiro atoms. The number of carbonyl (C=O) groups is 1. The number of hydrogen-bond donors (Lipinski definition) is 1. The molecular formula is C24H28N4O4. The minimum Gasteiger partial charge on any atom is -0.493 e. The maximum absolute atomic E-state index is 12.6. The summed E-state index contributed by atoms with van der Waals surface area (Å²) in [5, 5.41) is 11.0. The third-order valence-corrected chi connectivity index (χ3v) is 5.64. The lowest BCUT2D eigenvalue weighted by Gasteiger charge is -2.32. The van der Waals surface area contributed by atoms with Gasteiger partial charge < -0.3 is 19.2 Å². The van der Waals surface area contributed by atoms with Crippen LogP contribution in [0.5, 0.6) is 11.5 Å². The van der Waals surface area contributed by atoms with Crippen LogP contribution in [0.4, 0.5) is 0 Å². The minimum atomic E-state index is -0.322. The van der Waals surface area contributed by atoms with Crippen molar-refractivity contribution in [3.8, 4) is 11.5 Å². The molecule has 1 amide bonds. The number of methoxy groups -OCH3 is 2. The molecule has 0 radical (unpaired) electrons. The Morgan fingerprint density at radius 1 is 1.03 bits per heavy atom. The molecule has 1 aliphatic heterocycles. The summed E-state index contributed by atoms with van der Waals surface area (Å²) >= 11 is 0. The largest absolute Gasteiger partial charge is 0.493 e. The van der Waals surface area contributed by atoms with Crippen LogP contribution in [-0.2, 0) is 13.0 Å². The van der Waals surface area contributed by atoms with E-state index in [1.165, 1.54) is 5.56 Å². The van der Waals surface area contributed by atoms with Crippen LogP contribution >= 0.6 is 0 Å². The van der Waals surface area contributed by atoms with Crippen LogP contribution in [0.2, 0.25) is 0 Å². The molecule has 1 aliphatic rings. The number of nitrogens with one attached hydrogen (secondary N) is 1. The van der Waals surface area contributed by atoms with Gasteiger partial charge in [0, 0.05) is 25.7 Å². The van der Waals surface area contributed by atoms with Crippen LogP contribution in [0.25, 0.3) is 0 Å². The average molecular weight is 437 g/mol. The lowest BCUT2D eigenvalue weighted by molar-refractivity contribution is 0.0872. The average Bonchev–Trinajstić information content (AvgIpc) is 3.29. The first kappa shape index (κ1) is 21.8. The number of ether oxygens (including phenoxy) is 2. The smallest absolute Gasteiger partial charge is 0.309 e. The summed E-state index contributed by atoms with van der Waals surface area (Å²) in [5.74, 6) is 1.32. The molecule has 0 atom stereocenters. The van der Waals surface area contributed by atoms with Crippen molar-refractivity contribution in [2.24, 2.45) is 0 Å². The molecule has 2 heterocycles. The maximum atomic E-state index is 12.6. The van der Waals surface area contributed by atoms with E-state index < -0.39 is 0 Å². The van der Waals surface area contributed by atoms with Crippen LogP contribution in [0.3, 0.4) is 0 Å². The van der Waals surface area contributed by atoms with E-state index in [0.717, 1.165) is 38.0 Å².